The van der Waals surface area contributed by atoms with Crippen molar-refractivity contribution < 1.29 is 28.6 Å². The molecule has 2 atom stereocenters. The first kappa shape index (κ1) is 25.4. The van der Waals surface area contributed by atoms with Crippen LogP contribution in [-0.4, -0.2) is 22.5 Å². The molecule has 1 aromatic carbocycles. The van der Waals surface area contributed by atoms with Crippen molar-refractivity contribution in [1.29, 1.82) is 0 Å². The van der Waals surface area contributed by atoms with Gasteiger partial charge in [-0.05, 0) is 58.5 Å². The van der Waals surface area contributed by atoms with Crippen molar-refractivity contribution in [2.75, 3.05) is 4.61 Å². The van der Waals surface area contributed by atoms with Gasteiger partial charge in [-0.15, -0.1) is 0 Å². The van der Waals surface area contributed by atoms with Crippen molar-refractivity contribution in [1.82, 2.24) is 0 Å². The second-order valence-electron chi connectivity index (χ2n) is 7.81. The molecule has 1 aromatic rings. The van der Waals surface area contributed by atoms with Crippen LogP contribution in [0.5, 0.6) is 11.5 Å². The van der Waals surface area contributed by atoms with Crippen molar-refractivity contribution in [3.63, 3.8) is 0 Å². The summed E-state index contributed by atoms with van der Waals surface area (Å²) in [7, 11) is 0. The Morgan fingerprint density at radius 3 is 1.86 bits per heavy atom. The molecule has 29 heavy (non-hydrogen) atoms. The van der Waals surface area contributed by atoms with Crippen LogP contribution in [0.4, 0.5) is 0 Å². The summed E-state index contributed by atoms with van der Waals surface area (Å²) in [6.07, 6.45) is 0.638. The molecule has 162 valence electrons. The Labute approximate surface area is 186 Å². The van der Waals surface area contributed by atoms with Crippen LogP contribution < -0.4 is 9.47 Å². The number of carbonyl (C=O) groups is 3. The molecule has 0 aliphatic carbocycles. The first-order chi connectivity index (χ1) is 13.6. The summed E-state index contributed by atoms with van der Waals surface area (Å²) in [6, 6.07) is 5.00. The minimum Gasteiger partial charge on any atom is -0.455 e. The van der Waals surface area contributed by atoms with Crippen LogP contribution in [0.2, 0.25) is 0 Å². The molecule has 6 nitrogen and oxygen atoms in total. The first-order valence-electron chi connectivity index (χ1n) is 9.84. The molecule has 0 aromatic heterocycles. The lowest BCUT2D eigenvalue weighted by molar-refractivity contribution is -0.142. The van der Waals surface area contributed by atoms with Crippen LogP contribution in [0.1, 0.15) is 53.5 Å². The quantitative estimate of drug-likeness (QED) is 0.189. The van der Waals surface area contributed by atoms with E-state index in [2.05, 4.69) is 0 Å². The maximum atomic E-state index is 12.5. The fourth-order valence-electron chi connectivity index (χ4n) is 2.20. The maximum absolute atomic E-state index is 12.5. The molecule has 0 fully saturated rings. The third kappa shape index (κ3) is 8.32. The molecule has 0 amide bonds. The van der Waals surface area contributed by atoms with Crippen molar-refractivity contribution in [2.45, 2.75) is 54.4 Å². The van der Waals surface area contributed by atoms with Crippen LogP contribution in [0.25, 0.3) is 0 Å². The van der Waals surface area contributed by atoms with Gasteiger partial charge in [0.15, 0.2) is 11.5 Å². The fraction of sp³-hybridized carbons (Fsp3) is 0.591. The van der Waals surface area contributed by atoms with E-state index in [0.717, 1.165) is 5.56 Å². The van der Waals surface area contributed by atoms with E-state index in [1.807, 2.05) is 50.3 Å². The highest BCUT2D eigenvalue weighted by Crippen LogP contribution is 2.31. The van der Waals surface area contributed by atoms with Crippen LogP contribution in [0, 0.1) is 23.7 Å². The number of carbonyl (C=O) groups excluding carboxylic acids is 3. The Morgan fingerprint density at radius 1 is 0.862 bits per heavy atom. The molecular weight excluding hydrogens is 487 g/mol. The summed E-state index contributed by atoms with van der Waals surface area (Å²) in [5, 5.41) is 0. The van der Waals surface area contributed by atoms with Gasteiger partial charge in [-0.2, -0.15) is 0 Å². The summed E-state index contributed by atoms with van der Waals surface area (Å²) < 4.78 is 16.3. The number of hydrogen-bond donors (Lipinski definition) is 0. The molecule has 2 unspecified atom stereocenters. The van der Waals surface area contributed by atoms with E-state index in [0.29, 0.717) is 11.0 Å². The van der Waals surface area contributed by atoms with Gasteiger partial charge in [0, 0.05) is 6.42 Å². The van der Waals surface area contributed by atoms with E-state index < -0.39 is 5.97 Å². The van der Waals surface area contributed by atoms with Crippen LogP contribution >= 0.6 is 22.6 Å². The van der Waals surface area contributed by atoms with E-state index >= 15 is 0 Å². The minimum absolute atomic E-state index is 0.112. The Hall–Kier alpha value is -1.64. The van der Waals surface area contributed by atoms with Crippen LogP contribution in [-0.2, 0) is 25.5 Å². The SMILES string of the molecule is CC(C)C(C)C(=O)Oc1ccc(CCC(=O)OCI)cc1OC(=O)C(C)C(C)C. The second-order valence-corrected chi connectivity index (χ2v) is 8.44. The van der Waals surface area contributed by atoms with Crippen molar-refractivity contribution >= 4 is 40.5 Å². The van der Waals surface area contributed by atoms with Gasteiger partial charge in [0.1, 0.15) is 4.61 Å². The summed E-state index contributed by atoms with van der Waals surface area (Å²) in [4.78, 5) is 36.5. The van der Waals surface area contributed by atoms with Crippen molar-refractivity contribution in [3.05, 3.63) is 23.8 Å². The standard InChI is InChI=1S/C22H31IO6/c1-13(2)15(5)21(25)28-18-9-7-17(8-10-20(24)27-12-23)11-19(18)29-22(26)16(6)14(3)4/h7,9,11,13-16H,8,10,12H2,1-6H3. The number of ether oxygens (including phenoxy) is 3. The van der Waals surface area contributed by atoms with Gasteiger partial charge in [-0.3, -0.25) is 14.4 Å². The molecule has 0 heterocycles. The van der Waals surface area contributed by atoms with E-state index in [-0.39, 0.29) is 53.5 Å². The number of rotatable bonds is 10. The normalized spacial score (nSPS) is 13.1. The summed E-state index contributed by atoms with van der Waals surface area (Å²) >= 11 is 1.96. The topological polar surface area (TPSA) is 78.9 Å². The molecule has 0 aliphatic rings. The lowest BCUT2D eigenvalue weighted by Crippen LogP contribution is -2.24. The molecule has 0 saturated heterocycles. The zero-order valence-electron chi connectivity index (χ0n) is 18.0. The van der Waals surface area contributed by atoms with E-state index in [9.17, 15) is 14.4 Å². The Kier molecular flexibility index (Phi) is 10.6. The third-order valence-electron chi connectivity index (χ3n) is 5.01. The van der Waals surface area contributed by atoms with Gasteiger partial charge in [0.05, 0.1) is 11.8 Å². The number of benzene rings is 1. The Balaban J connectivity index is 3.07. The number of halogens is 1. The first-order valence-corrected chi connectivity index (χ1v) is 11.4. The highest BCUT2D eigenvalue weighted by Gasteiger charge is 2.24. The molecule has 0 bridgehead atoms. The fourth-order valence-corrected chi connectivity index (χ4v) is 2.55. The van der Waals surface area contributed by atoms with Crippen LogP contribution in [0.15, 0.2) is 18.2 Å². The number of alkyl halides is 1. The van der Waals surface area contributed by atoms with Crippen molar-refractivity contribution in [3.8, 4) is 11.5 Å². The molecular formula is C22H31IO6. The predicted molar refractivity (Wildman–Crippen MR) is 119 cm³/mol. The largest absolute Gasteiger partial charge is 0.455 e. The van der Waals surface area contributed by atoms with Gasteiger partial charge in [0.2, 0.25) is 0 Å². The average molecular weight is 518 g/mol. The number of esters is 3. The summed E-state index contributed by atoms with van der Waals surface area (Å²) in [6.45, 7) is 11.3. The van der Waals surface area contributed by atoms with E-state index in [1.165, 1.54) is 0 Å². The Bertz CT molecular complexity index is 713. The highest BCUT2D eigenvalue weighted by atomic mass is 127. The second kappa shape index (κ2) is 12.1. The summed E-state index contributed by atoms with van der Waals surface area (Å²) in [5.41, 5.74) is 0.784. The van der Waals surface area contributed by atoms with Crippen molar-refractivity contribution in [2.24, 2.45) is 23.7 Å². The zero-order chi connectivity index (χ0) is 22.1. The van der Waals surface area contributed by atoms with Gasteiger partial charge in [-0.25, -0.2) is 0 Å². The maximum Gasteiger partial charge on any atom is 0.314 e. The molecule has 0 spiro atoms. The van der Waals surface area contributed by atoms with E-state index in [1.54, 1.807) is 32.0 Å². The summed E-state index contributed by atoms with van der Waals surface area (Å²) in [5.74, 6) is -1.06. The van der Waals surface area contributed by atoms with Gasteiger partial charge in [0.25, 0.3) is 0 Å². The average Bonchev–Trinajstić information content (AvgIpc) is 2.66. The lowest BCUT2D eigenvalue weighted by atomic mass is 9.98. The molecule has 0 N–H and O–H groups in total. The van der Waals surface area contributed by atoms with Crippen LogP contribution in [0.3, 0.4) is 0 Å². The zero-order valence-corrected chi connectivity index (χ0v) is 20.1. The molecule has 0 aliphatic heterocycles. The smallest absolute Gasteiger partial charge is 0.314 e. The highest BCUT2D eigenvalue weighted by molar-refractivity contribution is 14.1. The molecule has 0 saturated carbocycles. The number of hydrogen-bond acceptors (Lipinski definition) is 6. The molecule has 0 radical (unpaired) electrons. The predicted octanol–water partition coefficient (Wildman–Crippen LogP) is 4.95. The van der Waals surface area contributed by atoms with Gasteiger partial charge < -0.3 is 14.2 Å². The monoisotopic (exact) mass is 518 g/mol. The Morgan fingerprint density at radius 2 is 1.38 bits per heavy atom. The van der Waals surface area contributed by atoms with E-state index in [4.69, 9.17) is 14.2 Å². The molecule has 7 heteroatoms. The molecule has 1 rings (SSSR count). The third-order valence-corrected chi connectivity index (χ3v) is 5.32. The minimum atomic E-state index is -0.393. The van der Waals surface area contributed by atoms with Gasteiger partial charge in [-0.1, -0.05) is 47.6 Å². The lowest BCUT2D eigenvalue weighted by Gasteiger charge is -2.18. The number of aryl methyl sites for hydroxylation is 1. The van der Waals surface area contributed by atoms with Gasteiger partial charge >= 0.3 is 17.9 Å².